The van der Waals surface area contributed by atoms with E-state index < -0.39 is 11.7 Å². The molecule has 0 radical (unpaired) electrons. The van der Waals surface area contributed by atoms with E-state index in [1.54, 1.807) is 6.07 Å². The van der Waals surface area contributed by atoms with E-state index in [1.807, 2.05) is 26.0 Å². The molecule has 2 atom stereocenters. The maximum atomic E-state index is 13.7. The van der Waals surface area contributed by atoms with E-state index in [2.05, 4.69) is 53.1 Å². The number of ether oxygens (including phenoxy) is 1. The number of alkyl halides is 3. The van der Waals surface area contributed by atoms with Crippen LogP contribution in [0, 0.1) is 0 Å². The Bertz CT molecular complexity index is 1490. The molecule has 0 saturated carbocycles. The zero-order chi connectivity index (χ0) is 28.7. The standard InChI is InChI=1S/C30H33F3N6O/c1-18-15-39(16-19(2)40-18)17-25-37-27(35-21-10-8-20(9-11-21)29(3,4)5)22-12-13-24(36-28(22)38-25)26-23(30(31,32)33)7-6-14-34-26/h6-14,18-19H,15-17H2,1-5H3,(H,35,36,37,38)/t18-,19+. The highest BCUT2D eigenvalue weighted by Crippen LogP contribution is 2.36. The monoisotopic (exact) mass is 550 g/mol. The molecule has 3 aromatic heterocycles. The van der Waals surface area contributed by atoms with Gasteiger partial charge in [-0.3, -0.25) is 9.88 Å². The Morgan fingerprint density at radius 2 is 1.62 bits per heavy atom. The van der Waals surface area contributed by atoms with Crippen molar-refractivity contribution in [2.75, 3.05) is 18.4 Å². The van der Waals surface area contributed by atoms with Gasteiger partial charge in [-0.05, 0) is 61.2 Å². The summed E-state index contributed by atoms with van der Waals surface area (Å²) in [6.45, 7) is 12.4. The van der Waals surface area contributed by atoms with E-state index >= 15 is 0 Å². The van der Waals surface area contributed by atoms with Crippen LogP contribution in [-0.2, 0) is 22.9 Å². The predicted molar refractivity (Wildman–Crippen MR) is 149 cm³/mol. The van der Waals surface area contributed by atoms with Crippen LogP contribution in [0.1, 0.15) is 51.6 Å². The van der Waals surface area contributed by atoms with Crippen molar-refractivity contribution in [3.63, 3.8) is 0 Å². The van der Waals surface area contributed by atoms with Gasteiger partial charge in [0, 0.05) is 25.0 Å². The summed E-state index contributed by atoms with van der Waals surface area (Å²) in [6.07, 6.45) is -3.10. The highest BCUT2D eigenvalue weighted by molar-refractivity contribution is 5.90. The number of anilines is 2. The Labute approximate surface area is 231 Å². The SMILES string of the molecule is C[C@@H]1CN(Cc2nc(Nc3ccc(C(C)(C)C)cc3)c3ccc(-c4ncccc4C(F)(F)F)nc3n2)C[C@H](C)O1. The summed E-state index contributed by atoms with van der Waals surface area (Å²) in [4.78, 5) is 20.3. The van der Waals surface area contributed by atoms with Crippen molar-refractivity contribution in [2.45, 2.75) is 65.0 Å². The van der Waals surface area contributed by atoms with Crippen LogP contribution < -0.4 is 5.32 Å². The van der Waals surface area contributed by atoms with Gasteiger partial charge in [0.15, 0.2) is 5.65 Å². The number of nitrogens with zero attached hydrogens (tertiary/aromatic N) is 5. The molecule has 1 fully saturated rings. The predicted octanol–water partition coefficient (Wildman–Crippen LogP) is 6.76. The third kappa shape index (κ3) is 6.23. The molecule has 1 aromatic carbocycles. The van der Waals surface area contributed by atoms with Gasteiger partial charge in [0.1, 0.15) is 17.3 Å². The Balaban J connectivity index is 1.57. The Hall–Kier alpha value is -3.63. The molecule has 0 unspecified atom stereocenters. The largest absolute Gasteiger partial charge is 0.418 e. The third-order valence-electron chi connectivity index (χ3n) is 6.84. The quantitative estimate of drug-likeness (QED) is 0.294. The fourth-order valence-corrected chi connectivity index (χ4v) is 4.99. The molecule has 4 heterocycles. The minimum Gasteiger partial charge on any atom is -0.373 e. The van der Waals surface area contributed by atoms with Crippen molar-refractivity contribution in [1.29, 1.82) is 0 Å². The molecule has 0 bridgehead atoms. The molecular weight excluding hydrogens is 517 g/mol. The number of morpholine rings is 1. The lowest BCUT2D eigenvalue weighted by Crippen LogP contribution is -2.45. The van der Waals surface area contributed by atoms with E-state index in [0.29, 0.717) is 29.2 Å². The van der Waals surface area contributed by atoms with Crippen LogP contribution in [0.25, 0.3) is 22.4 Å². The van der Waals surface area contributed by atoms with E-state index in [9.17, 15) is 13.2 Å². The van der Waals surface area contributed by atoms with Crippen molar-refractivity contribution in [3.05, 3.63) is 71.7 Å². The van der Waals surface area contributed by atoms with E-state index in [1.165, 1.54) is 23.9 Å². The number of hydrogen-bond acceptors (Lipinski definition) is 7. The van der Waals surface area contributed by atoms with Gasteiger partial charge in [-0.25, -0.2) is 15.0 Å². The zero-order valence-corrected chi connectivity index (χ0v) is 23.3. The first-order valence-electron chi connectivity index (χ1n) is 13.3. The van der Waals surface area contributed by atoms with Crippen LogP contribution >= 0.6 is 0 Å². The number of hydrogen-bond donors (Lipinski definition) is 1. The maximum Gasteiger partial charge on any atom is 0.418 e. The lowest BCUT2D eigenvalue weighted by Gasteiger charge is -2.34. The number of pyridine rings is 2. The molecule has 210 valence electrons. The van der Waals surface area contributed by atoms with E-state index in [-0.39, 0.29) is 29.0 Å². The van der Waals surface area contributed by atoms with Crippen molar-refractivity contribution in [2.24, 2.45) is 0 Å². The fraction of sp³-hybridized carbons (Fsp3) is 0.400. The summed E-state index contributed by atoms with van der Waals surface area (Å²) < 4.78 is 47.0. The van der Waals surface area contributed by atoms with Gasteiger partial charge in [-0.2, -0.15) is 13.2 Å². The summed E-state index contributed by atoms with van der Waals surface area (Å²) in [5, 5.41) is 3.98. The molecule has 1 aliphatic rings. The van der Waals surface area contributed by atoms with Crippen molar-refractivity contribution >= 4 is 22.5 Å². The molecule has 7 nitrogen and oxygen atoms in total. The number of aromatic nitrogens is 4. The summed E-state index contributed by atoms with van der Waals surface area (Å²) in [5.41, 5.74) is 1.36. The average Bonchev–Trinajstić information content (AvgIpc) is 2.87. The first-order valence-corrected chi connectivity index (χ1v) is 13.3. The van der Waals surface area contributed by atoms with Crippen molar-refractivity contribution < 1.29 is 17.9 Å². The van der Waals surface area contributed by atoms with Crippen molar-refractivity contribution in [3.8, 4) is 11.4 Å². The molecule has 40 heavy (non-hydrogen) atoms. The summed E-state index contributed by atoms with van der Waals surface area (Å²) >= 11 is 0. The van der Waals surface area contributed by atoms with Gasteiger partial charge in [-0.15, -0.1) is 0 Å². The van der Waals surface area contributed by atoms with E-state index in [0.717, 1.165) is 24.8 Å². The smallest absolute Gasteiger partial charge is 0.373 e. The van der Waals surface area contributed by atoms with Crippen LogP contribution in [0.4, 0.5) is 24.7 Å². The number of fused-ring (bicyclic) bond motifs is 1. The molecule has 4 aromatic rings. The van der Waals surface area contributed by atoms with E-state index in [4.69, 9.17) is 14.7 Å². The molecular formula is C30H33F3N6O. The van der Waals surface area contributed by atoms with Crippen LogP contribution in [0.15, 0.2) is 54.7 Å². The van der Waals surface area contributed by atoms with Crippen LogP contribution in [-0.4, -0.2) is 50.1 Å². The number of rotatable bonds is 5. The number of benzene rings is 1. The van der Waals surface area contributed by atoms with Gasteiger partial charge in [0.2, 0.25) is 0 Å². The Morgan fingerprint density at radius 3 is 2.27 bits per heavy atom. The Morgan fingerprint density at radius 1 is 0.925 bits per heavy atom. The number of halogens is 3. The minimum absolute atomic E-state index is 0.0147. The van der Waals surface area contributed by atoms with Gasteiger partial charge < -0.3 is 10.1 Å². The fourth-order valence-electron chi connectivity index (χ4n) is 4.99. The molecule has 1 saturated heterocycles. The second-order valence-electron chi connectivity index (χ2n) is 11.4. The molecule has 1 N–H and O–H groups in total. The molecule has 10 heteroatoms. The summed E-state index contributed by atoms with van der Waals surface area (Å²) in [7, 11) is 0. The van der Waals surface area contributed by atoms with Crippen LogP contribution in [0.5, 0.6) is 0 Å². The van der Waals surface area contributed by atoms with Gasteiger partial charge in [0.25, 0.3) is 0 Å². The average molecular weight is 551 g/mol. The molecule has 0 aliphatic carbocycles. The normalized spacial score (nSPS) is 18.7. The molecule has 1 aliphatic heterocycles. The van der Waals surface area contributed by atoms with Gasteiger partial charge >= 0.3 is 6.18 Å². The highest BCUT2D eigenvalue weighted by Gasteiger charge is 2.34. The Kier molecular flexibility index (Phi) is 7.50. The van der Waals surface area contributed by atoms with Crippen molar-refractivity contribution in [1.82, 2.24) is 24.8 Å². The number of nitrogens with one attached hydrogen (secondary N) is 1. The first-order chi connectivity index (χ1) is 18.9. The lowest BCUT2D eigenvalue weighted by atomic mass is 9.87. The highest BCUT2D eigenvalue weighted by atomic mass is 19.4. The van der Waals surface area contributed by atoms with Crippen LogP contribution in [0.2, 0.25) is 0 Å². The second kappa shape index (κ2) is 10.7. The molecule has 0 amide bonds. The van der Waals surface area contributed by atoms with Crippen LogP contribution in [0.3, 0.4) is 0 Å². The third-order valence-corrected chi connectivity index (χ3v) is 6.84. The second-order valence-corrected chi connectivity index (χ2v) is 11.4. The lowest BCUT2D eigenvalue weighted by molar-refractivity contribution is -0.137. The molecule has 5 rings (SSSR count). The molecule has 0 spiro atoms. The minimum atomic E-state index is -4.56. The first kappa shape index (κ1) is 27.9. The zero-order valence-electron chi connectivity index (χ0n) is 23.3. The van der Waals surface area contributed by atoms with Gasteiger partial charge in [0.05, 0.1) is 35.4 Å². The topological polar surface area (TPSA) is 76.1 Å². The summed E-state index contributed by atoms with van der Waals surface area (Å²) in [6, 6.07) is 13.6. The summed E-state index contributed by atoms with van der Waals surface area (Å²) in [5.74, 6) is 1.05. The van der Waals surface area contributed by atoms with Gasteiger partial charge in [-0.1, -0.05) is 32.9 Å². The maximum absolute atomic E-state index is 13.7.